The van der Waals surface area contributed by atoms with E-state index < -0.39 is 5.41 Å². The van der Waals surface area contributed by atoms with E-state index >= 15 is 0 Å². The molecule has 2 aromatic heterocycles. The Morgan fingerprint density at radius 2 is 0.817 bits per heavy atom. The maximum Gasteiger partial charge on any atom is 0.0726 e. The highest BCUT2D eigenvalue weighted by molar-refractivity contribution is 7.27. The summed E-state index contributed by atoms with van der Waals surface area (Å²) in [4.78, 5) is 4.77. The molecule has 13 aromatic rings. The van der Waals surface area contributed by atoms with E-state index in [1.165, 1.54) is 92.2 Å². The van der Waals surface area contributed by atoms with E-state index in [0.717, 1.165) is 34.1 Å². The van der Waals surface area contributed by atoms with Crippen LogP contribution in [0.3, 0.4) is 0 Å². The molecule has 0 fully saturated rings. The number of nitrogens with zero attached hydrogens (tertiary/aromatic N) is 3. The van der Waals surface area contributed by atoms with Crippen LogP contribution in [0.4, 0.5) is 34.1 Å². The molecule has 2 heterocycles. The van der Waals surface area contributed by atoms with Crippen LogP contribution >= 0.6 is 11.3 Å². The van der Waals surface area contributed by atoms with E-state index in [0.29, 0.717) is 0 Å². The molecule has 0 amide bonds. The van der Waals surface area contributed by atoms with Gasteiger partial charge in [-0.05, 0) is 130 Å². The summed E-state index contributed by atoms with van der Waals surface area (Å²) in [7, 11) is 0. The van der Waals surface area contributed by atoms with Crippen molar-refractivity contribution in [3.8, 4) is 27.9 Å². The molecule has 1 unspecified atom stereocenters. The molecule has 3 nitrogen and oxygen atoms in total. The molecule has 11 aromatic carbocycles. The van der Waals surface area contributed by atoms with Gasteiger partial charge in [-0.25, -0.2) is 0 Å². The number of fused-ring (bicyclic) bond motifs is 18. The molecule has 0 radical (unpaired) electrons. The van der Waals surface area contributed by atoms with Crippen LogP contribution in [0.25, 0.3) is 69.9 Å². The minimum atomic E-state index is -0.543. The largest absolute Gasteiger partial charge is 0.310 e. The molecule has 1 spiro atoms. The zero-order valence-electron chi connectivity index (χ0n) is 38.6. The topological polar surface area (TPSA) is 11.4 Å². The van der Waals surface area contributed by atoms with Crippen molar-refractivity contribution in [3.05, 3.63) is 283 Å². The zero-order valence-corrected chi connectivity index (χ0v) is 39.4. The second-order valence-corrected chi connectivity index (χ2v) is 19.8. The minimum Gasteiger partial charge on any atom is -0.310 e. The summed E-state index contributed by atoms with van der Waals surface area (Å²) in [5, 5.41) is 5.22. The number of para-hydroxylation sites is 5. The first kappa shape index (κ1) is 40.0. The third kappa shape index (κ3) is 5.71. The molecule has 4 heteroatoms. The Balaban J connectivity index is 0.964. The van der Waals surface area contributed by atoms with Crippen LogP contribution in [0.2, 0.25) is 0 Å². The Hall–Kier alpha value is -8.96. The Labute approximate surface area is 416 Å². The third-order valence-corrected chi connectivity index (χ3v) is 16.4. The van der Waals surface area contributed by atoms with Crippen LogP contribution in [-0.4, -0.2) is 4.57 Å². The van der Waals surface area contributed by atoms with Crippen molar-refractivity contribution in [2.45, 2.75) is 5.41 Å². The highest BCUT2D eigenvalue weighted by Crippen LogP contribution is 2.65. The Kier molecular flexibility index (Phi) is 8.74. The van der Waals surface area contributed by atoms with Crippen LogP contribution in [0.5, 0.6) is 0 Å². The molecule has 1 atom stereocenters. The van der Waals surface area contributed by atoms with Gasteiger partial charge in [-0.3, -0.25) is 0 Å². The van der Waals surface area contributed by atoms with Crippen LogP contribution in [0.1, 0.15) is 22.3 Å². The first-order chi connectivity index (χ1) is 35.3. The predicted molar refractivity (Wildman–Crippen MR) is 299 cm³/mol. The summed E-state index contributed by atoms with van der Waals surface area (Å²) >= 11 is 1.97. The van der Waals surface area contributed by atoms with Gasteiger partial charge >= 0.3 is 0 Å². The summed E-state index contributed by atoms with van der Waals surface area (Å²) in [6, 6.07) is 96.1. The molecule has 71 heavy (non-hydrogen) atoms. The van der Waals surface area contributed by atoms with Crippen LogP contribution < -0.4 is 9.80 Å². The Morgan fingerprint density at radius 3 is 1.51 bits per heavy atom. The Bertz CT molecular complexity index is 4190. The number of aromatic nitrogens is 1. The van der Waals surface area contributed by atoms with Gasteiger partial charge in [0.15, 0.2) is 0 Å². The number of rotatable bonds is 7. The number of hydrogen-bond donors (Lipinski definition) is 0. The molecule has 0 saturated carbocycles. The van der Waals surface area contributed by atoms with Gasteiger partial charge in [-0.2, -0.15) is 0 Å². The van der Waals surface area contributed by atoms with E-state index in [9.17, 15) is 0 Å². The monoisotopic (exact) mass is 921 g/mol. The normalized spacial score (nSPS) is 14.3. The lowest BCUT2D eigenvalue weighted by Gasteiger charge is -2.32. The van der Waals surface area contributed by atoms with E-state index in [-0.39, 0.29) is 0 Å². The summed E-state index contributed by atoms with van der Waals surface area (Å²) in [6.45, 7) is 0. The average Bonchev–Trinajstić information content (AvgIpc) is 4.17. The first-order valence-electron chi connectivity index (χ1n) is 24.4. The number of benzene rings is 11. The lowest BCUT2D eigenvalue weighted by molar-refractivity contribution is 0.794. The molecule has 332 valence electrons. The van der Waals surface area contributed by atoms with Crippen LogP contribution in [0.15, 0.2) is 261 Å². The molecular weight excluding hydrogens is 879 g/mol. The van der Waals surface area contributed by atoms with Gasteiger partial charge in [0, 0.05) is 76.3 Å². The van der Waals surface area contributed by atoms with Gasteiger partial charge in [0.2, 0.25) is 0 Å². The molecule has 0 saturated heterocycles. The second-order valence-electron chi connectivity index (χ2n) is 18.8. The van der Waals surface area contributed by atoms with Crippen molar-refractivity contribution in [1.82, 2.24) is 4.57 Å². The highest BCUT2D eigenvalue weighted by Gasteiger charge is 2.52. The zero-order chi connectivity index (χ0) is 46.6. The number of hydrogen-bond acceptors (Lipinski definition) is 3. The minimum absolute atomic E-state index is 0.543. The van der Waals surface area contributed by atoms with Crippen molar-refractivity contribution >= 4 is 87.4 Å². The summed E-state index contributed by atoms with van der Waals surface area (Å²) in [5.74, 6) is 0. The summed E-state index contributed by atoms with van der Waals surface area (Å²) < 4.78 is 5.12. The van der Waals surface area contributed by atoms with Crippen molar-refractivity contribution in [3.63, 3.8) is 0 Å². The van der Waals surface area contributed by atoms with Gasteiger partial charge in [-0.1, -0.05) is 170 Å². The maximum absolute atomic E-state index is 2.50. The van der Waals surface area contributed by atoms with Gasteiger partial charge in [0.1, 0.15) is 0 Å². The molecular formula is C67H43N3S. The van der Waals surface area contributed by atoms with Crippen LogP contribution in [0, 0.1) is 0 Å². The average molecular weight is 922 g/mol. The van der Waals surface area contributed by atoms with Crippen molar-refractivity contribution in [2.24, 2.45) is 0 Å². The third-order valence-electron chi connectivity index (χ3n) is 15.1. The van der Waals surface area contributed by atoms with Gasteiger partial charge < -0.3 is 14.4 Å². The van der Waals surface area contributed by atoms with Crippen molar-refractivity contribution < 1.29 is 0 Å². The molecule has 15 rings (SSSR count). The predicted octanol–water partition coefficient (Wildman–Crippen LogP) is 18.4. The van der Waals surface area contributed by atoms with E-state index in [1.807, 2.05) is 11.3 Å². The maximum atomic E-state index is 2.50. The smallest absolute Gasteiger partial charge is 0.0726 e. The lowest BCUT2D eigenvalue weighted by Crippen LogP contribution is -2.26. The number of anilines is 6. The molecule has 0 bridgehead atoms. The van der Waals surface area contributed by atoms with Gasteiger partial charge in [-0.15, -0.1) is 11.3 Å². The number of thiophene rings is 1. The molecule has 0 N–H and O–H groups in total. The van der Waals surface area contributed by atoms with Gasteiger partial charge in [0.25, 0.3) is 0 Å². The van der Waals surface area contributed by atoms with E-state index in [1.54, 1.807) is 0 Å². The van der Waals surface area contributed by atoms with Crippen molar-refractivity contribution in [2.75, 3.05) is 9.80 Å². The lowest BCUT2D eigenvalue weighted by atomic mass is 9.70. The first-order valence-corrected chi connectivity index (χ1v) is 25.2. The fraction of sp³-hybridized carbons (Fsp3) is 0.0149. The summed E-state index contributed by atoms with van der Waals surface area (Å²) in [6.07, 6.45) is 0. The SMILES string of the molecule is c1ccc(N(c2ccccc2)c2cccc(N(c3ccccc3)c3ccc4c(c3)C3(c5ccccc5-4)c4ccccc4-c4c3ccc3c4sc4c3ccc3c4c4ccccc4n3-c3ccccc3)c2)cc1. The fourth-order valence-electron chi connectivity index (χ4n) is 12.3. The summed E-state index contributed by atoms with van der Waals surface area (Å²) in [5.41, 5.74) is 20.2. The standard InChI is InChI=1S/C67H43N3S/c1-5-20-44(21-6-1)68(45-22-7-2-8-23-45)48-28-19-29-49(42-48)69(46-24-9-3-10-25-46)50-36-37-52-51-30-13-16-33-57(51)67(60(52)43-50)58-34-17-14-31-55(58)63-59(67)40-38-53-54-39-41-62-64(66(54)71-65(53)63)56-32-15-18-35-61(56)70(62)47-26-11-4-12-27-47/h1-43H. The second kappa shape index (κ2) is 15.5. The van der Waals surface area contributed by atoms with Crippen molar-refractivity contribution in [1.29, 1.82) is 0 Å². The molecule has 0 aliphatic heterocycles. The van der Waals surface area contributed by atoms with Crippen LogP contribution in [-0.2, 0) is 5.41 Å². The van der Waals surface area contributed by atoms with E-state index in [2.05, 4.69) is 275 Å². The highest BCUT2D eigenvalue weighted by atomic mass is 32.1. The molecule has 2 aliphatic carbocycles. The fourth-order valence-corrected chi connectivity index (χ4v) is 13.8. The quantitative estimate of drug-likeness (QED) is 0.158. The van der Waals surface area contributed by atoms with E-state index in [4.69, 9.17) is 0 Å². The molecule has 2 aliphatic rings. The van der Waals surface area contributed by atoms with Gasteiger partial charge in [0.05, 0.1) is 16.4 Å². The Morgan fingerprint density at radius 1 is 0.310 bits per heavy atom.